The van der Waals surface area contributed by atoms with Crippen LogP contribution in [0.4, 0.5) is 0 Å². The molecule has 4 atom stereocenters. The van der Waals surface area contributed by atoms with Crippen LogP contribution in [-0.2, 0) is 18.8 Å². The predicted octanol–water partition coefficient (Wildman–Crippen LogP) is -4.64. The van der Waals surface area contributed by atoms with Gasteiger partial charge in [0.1, 0.15) is 18.3 Å². The van der Waals surface area contributed by atoms with Gasteiger partial charge in [-0.3, -0.25) is 0 Å². The Balaban J connectivity index is 2.68. The van der Waals surface area contributed by atoms with Gasteiger partial charge in [-0.2, -0.15) is 16.8 Å². The summed E-state index contributed by atoms with van der Waals surface area (Å²) in [6.07, 6.45) is -8.44. The summed E-state index contributed by atoms with van der Waals surface area (Å²) < 4.78 is 28.5. The normalized spacial score (nSPS) is 28.8. The Labute approximate surface area is 95.6 Å². The largest absolute Gasteiger partial charge is 0.409 e. The van der Waals surface area contributed by atoms with Crippen LogP contribution in [0.1, 0.15) is 0 Å². The zero-order valence-corrected chi connectivity index (χ0v) is 9.06. The fourth-order valence-corrected chi connectivity index (χ4v) is 1.93. The summed E-state index contributed by atoms with van der Waals surface area (Å²) in [5.41, 5.74) is 0. The van der Waals surface area contributed by atoms with Gasteiger partial charge in [0.05, 0.1) is 6.61 Å². The summed E-state index contributed by atoms with van der Waals surface area (Å²) in [6, 6.07) is 0. The summed E-state index contributed by atoms with van der Waals surface area (Å²) in [7, 11) is -4.43. The molecule has 0 unspecified atom stereocenters. The first-order valence-corrected chi connectivity index (χ1v) is 5.68. The van der Waals surface area contributed by atoms with Crippen LogP contribution < -0.4 is 0 Å². The maximum atomic E-state index is 10.4. The Morgan fingerprint density at radius 3 is 1.88 bits per heavy atom. The maximum absolute atomic E-state index is 10.4. The highest BCUT2D eigenvalue weighted by molar-refractivity contribution is 7.82. The van der Waals surface area contributed by atoms with Gasteiger partial charge in [-0.1, -0.05) is 0 Å². The Hall–Kier alpha value is -0.370. The van der Waals surface area contributed by atoms with Gasteiger partial charge in [0, 0.05) is 0 Å². The first kappa shape index (κ1) is 14.7. The molecule has 0 aromatic heterocycles. The number of rotatable bonds is 5. The summed E-state index contributed by atoms with van der Waals surface area (Å²) in [4.78, 5) is 0. The molecule has 1 rings (SSSR count). The van der Waals surface area contributed by atoms with E-state index in [9.17, 15) is 28.8 Å². The predicted molar refractivity (Wildman–Crippen MR) is 47.2 cm³/mol. The van der Waals surface area contributed by atoms with Crippen LogP contribution in [0.2, 0.25) is 0 Å². The molecule has 1 aliphatic heterocycles. The molecule has 10 nitrogen and oxygen atoms in total. The lowest BCUT2D eigenvalue weighted by Gasteiger charge is -2.39. The van der Waals surface area contributed by atoms with Gasteiger partial charge in [0.2, 0.25) is 0 Å². The van der Waals surface area contributed by atoms with Crippen LogP contribution in [0.25, 0.3) is 0 Å². The molecule has 0 spiro atoms. The molecule has 1 heterocycles. The number of aliphatic hydroxyl groups excluding tert-OH is 5. The van der Waals surface area contributed by atoms with Gasteiger partial charge in [-0.15, -0.1) is 0 Å². The first-order valence-electron chi connectivity index (χ1n) is 4.34. The molecule has 0 bridgehead atoms. The van der Waals surface area contributed by atoms with Crippen molar-refractivity contribution in [1.82, 2.24) is 0 Å². The van der Waals surface area contributed by atoms with Crippen molar-refractivity contribution in [3.63, 3.8) is 0 Å². The maximum Gasteiger partial charge on any atom is 0.409 e. The third-order valence-electron chi connectivity index (χ3n) is 2.07. The molecule has 0 aromatic carbocycles. The number of hydrogen-bond acceptors (Lipinski definition) is 10. The Bertz CT molecular complexity index is 353. The summed E-state index contributed by atoms with van der Waals surface area (Å²) in [5, 5.41) is 54.3. The lowest BCUT2D eigenvalue weighted by molar-refractivity contribution is -0.381. The third kappa shape index (κ3) is 2.90. The van der Waals surface area contributed by atoms with E-state index in [2.05, 4.69) is 8.37 Å². The van der Waals surface area contributed by atoms with E-state index in [0.717, 1.165) is 0 Å². The standard InChI is InChI=1S/C6H12O10S/c7-1-2(8)3(9)4(10)5(11)6(12)15-17(13,14)16-6/h2-5,7-12H,1H2/t2-,3-,4-,5-/m1/s1. The van der Waals surface area contributed by atoms with E-state index in [-0.39, 0.29) is 0 Å². The highest BCUT2D eigenvalue weighted by Gasteiger charge is 2.60. The van der Waals surface area contributed by atoms with E-state index in [1.165, 1.54) is 0 Å². The van der Waals surface area contributed by atoms with E-state index < -0.39 is 47.4 Å². The van der Waals surface area contributed by atoms with Crippen LogP contribution >= 0.6 is 0 Å². The number of aliphatic hydroxyl groups is 6. The minimum Gasteiger partial charge on any atom is -0.394 e. The van der Waals surface area contributed by atoms with Gasteiger partial charge < -0.3 is 30.6 Å². The molecule has 0 saturated carbocycles. The lowest BCUT2D eigenvalue weighted by atomic mass is 10.0. The van der Waals surface area contributed by atoms with Gasteiger partial charge in [0.15, 0.2) is 6.10 Å². The minimum absolute atomic E-state index is 0.927. The van der Waals surface area contributed by atoms with E-state index in [1.54, 1.807) is 0 Å². The Morgan fingerprint density at radius 2 is 1.53 bits per heavy atom. The quantitative estimate of drug-likeness (QED) is 0.286. The fourth-order valence-electron chi connectivity index (χ4n) is 1.14. The molecule has 6 N–H and O–H groups in total. The SMILES string of the molecule is O=S1(=O)OC(O)([C@H](O)[C@H](O)[C@H](O)[C@H](O)CO)O1. The molecule has 11 heteroatoms. The minimum atomic E-state index is -4.43. The van der Waals surface area contributed by atoms with E-state index in [0.29, 0.717) is 0 Å². The molecule has 17 heavy (non-hydrogen) atoms. The molecule has 0 aromatic rings. The van der Waals surface area contributed by atoms with Crippen LogP contribution in [-0.4, -0.2) is 76.1 Å². The van der Waals surface area contributed by atoms with Crippen LogP contribution in [0.15, 0.2) is 0 Å². The molecule has 0 radical (unpaired) electrons. The van der Waals surface area contributed by atoms with Crippen LogP contribution in [0.3, 0.4) is 0 Å². The van der Waals surface area contributed by atoms with Crippen molar-refractivity contribution >= 4 is 10.4 Å². The Kier molecular flexibility index (Phi) is 4.08. The van der Waals surface area contributed by atoms with E-state index >= 15 is 0 Å². The molecular formula is C6H12O10S. The monoisotopic (exact) mass is 276 g/mol. The molecule has 102 valence electrons. The topological polar surface area (TPSA) is 174 Å². The molecule has 1 aliphatic rings. The second kappa shape index (κ2) is 4.72. The summed E-state index contributed by atoms with van der Waals surface area (Å²) in [5.74, 6) is -3.03. The van der Waals surface area contributed by atoms with E-state index in [4.69, 9.17) is 10.2 Å². The second-order valence-corrected chi connectivity index (χ2v) is 4.53. The van der Waals surface area contributed by atoms with Crippen molar-refractivity contribution in [3.05, 3.63) is 0 Å². The second-order valence-electron chi connectivity index (χ2n) is 3.38. The van der Waals surface area contributed by atoms with Crippen molar-refractivity contribution in [3.8, 4) is 0 Å². The number of hydrogen-bond donors (Lipinski definition) is 6. The van der Waals surface area contributed by atoms with Crippen LogP contribution in [0, 0.1) is 0 Å². The van der Waals surface area contributed by atoms with Crippen molar-refractivity contribution in [2.24, 2.45) is 0 Å². The van der Waals surface area contributed by atoms with Crippen molar-refractivity contribution < 1.29 is 47.4 Å². The van der Waals surface area contributed by atoms with Gasteiger partial charge in [0.25, 0.3) is 0 Å². The summed E-state index contributed by atoms with van der Waals surface area (Å²) in [6.45, 7) is -0.927. The lowest BCUT2D eigenvalue weighted by Crippen LogP contribution is -2.64. The highest BCUT2D eigenvalue weighted by atomic mass is 32.3. The average molecular weight is 276 g/mol. The average Bonchev–Trinajstić information content (AvgIpc) is 2.21. The van der Waals surface area contributed by atoms with Crippen molar-refractivity contribution in [2.45, 2.75) is 30.4 Å². The van der Waals surface area contributed by atoms with E-state index in [1.807, 2.05) is 0 Å². The Morgan fingerprint density at radius 1 is 1.06 bits per heavy atom. The fraction of sp³-hybridized carbons (Fsp3) is 1.00. The molecule has 0 aliphatic carbocycles. The molecule has 0 amide bonds. The molecule has 1 fully saturated rings. The third-order valence-corrected chi connectivity index (χ3v) is 2.96. The highest BCUT2D eigenvalue weighted by Crippen LogP contribution is 2.33. The van der Waals surface area contributed by atoms with Gasteiger partial charge in [-0.05, 0) is 0 Å². The zero-order chi connectivity index (χ0) is 13.4. The molecule has 1 saturated heterocycles. The van der Waals surface area contributed by atoms with Crippen LogP contribution in [0.5, 0.6) is 0 Å². The molecular weight excluding hydrogens is 264 g/mol. The van der Waals surface area contributed by atoms with Crippen molar-refractivity contribution in [1.29, 1.82) is 0 Å². The zero-order valence-electron chi connectivity index (χ0n) is 8.24. The smallest absolute Gasteiger partial charge is 0.394 e. The first-order chi connectivity index (χ1) is 7.63. The summed E-state index contributed by atoms with van der Waals surface area (Å²) >= 11 is 0. The van der Waals surface area contributed by atoms with Gasteiger partial charge in [-0.25, -0.2) is 0 Å². The van der Waals surface area contributed by atoms with Crippen molar-refractivity contribution in [2.75, 3.05) is 6.61 Å². The van der Waals surface area contributed by atoms with Gasteiger partial charge >= 0.3 is 16.4 Å².